The molecule has 0 bridgehead atoms. The van der Waals surface area contributed by atoms with Gasteiger partial charge < -0.3 is 4.74 Å². The molecule has 0 saturated heterocycles. The van der Waals surface area contributed by atoms with Crippen LogP contribution in [0.4, 0.5) is 0 Å². The highest BCUT2D eigenvalue weighted by atomic mass is 79.9. The SMILES string of the molecule is CC.COc1cccc2c(=O)c3ccc(Br)cc3sc12. The lowest BCUT2D eigenvalue weighted by molar-refractivity contribution is 0.420. The van der Waals surface area contributed by atoms with Crippen molar-refractivity contribution in [3.05, 3.63) is 51.1 Å². The minimum Gasteiger partial charge on any atom is -0.495 e. The van der Waals surface area contributed by atoms with Crippen molar-refractivity contribution in [2.24, 2.45) is 0 Å². The molecule has 104 valence electrons. The van der Waals surface area contributed by atoms with Gasteiger partial charge in [-0.3, -0.25) is 4.79 Å². The summed E-state index contributed by atoms with van der Waals surface area (Å²) in [5.41, 5.74) is 0.0603. The van der Waals surface area contributed by atoms with E-state index in [1.54, 1.807) is 18.4 Å². The van der Waals surface area contributed by atoms with Crippen LogP contribution in [0.3, 0.4) is 0 Å². The van der Waals surface area contributed by atoms with Gasteiger partial charge in [0.1, 0.15) is 5.75 Å². The molecule has 1 heterocycles. The molecule has 0 amide bonds. The number of hydrogen-bond donors (Lipinski definition) is 0. The molecule has 0 saturated carbocycles. The van der Waals surface area contributed by atoms with Crippen LogP contribution in [0.5, 0.6) is 5.75 Å². The summed E-state index contributed by atoms with van der Waals surface area (Å²) in [5.74, 6) is 0.747. The Morgan fingerprint density at radius 1 is 1.10 bits per heavy atom. The van der Waals surface area contributed by atoms with E-state index >= 15 is 0 Å². The van der Waals surface area contributed by atoms with Crippen LogP contribution in [0.25, 0.3) is 20.2 Å². The Hall–Kier alpha value is -1.39. The molecule has 2 aromatic carbocycles. The molecule has 0 unspecified atom stereocenters. The molecule has 4 heteroatoms. The Bertz CT molecular complexity index is 809. The molecule has 20 heavy (non-hydrogen) atoms. The first-order valence-corrected chi connectivity index (χ1v) is 8.01. The van der Waals surface area contributed by atoms with Gasteiger partial charge in [-0.05, 0) is 30.3 Å². The molecule has 0 aliphatic heterocycles. The molecular weight excluding hydrogens is 336 g/mol. The summed E-state index contributed by atoms with van der Waals surface area (Å²) < 4.78 is 8.16. The van der Waals surface area contributed by atoms with Gasteiger partial charge in [-0.2, -0.15) is 0 Å². The zero-order valence-corrected chi connectivity index (χ0v) is 14.0. The lowest BCUT2D eigenvalue weighted by Gasteiger charge is -2.05. The normalized spacial score (nSPS) is 10.2. The summed E-state index contributed by atoms with van der Waals surface area (Å²) in [6, 6.07) is 11.3. The fraction of sp³-hybridized carbons (Fsp3) is 0.188. The lowest BCUT2D eigenvalue weighted by Crippen LogP contribution is -2.01. The second kappa shape index (κ2) is 6.37. The van der Waals surface area contributed by atoms with Crippen molar-refractivity contribution in [3.63, 3.8) is 0 Å². The standard InChI is InChI=1S/C14H9BrO2S.C2H6/c1-17-11-4-2-3-10-13(16)9-6-5-8(15)7-12(9)18-14(10)11;1-2/h2-7H,1H3;1-2H3. The predicted octanol–water partition coefficient (Wildman–Crippen LogP) is 5.21. The third-order valence-corrected chi connectivity index (χ3v) is 4.52. The van der Waals surface area contributed by atoms with Gasteiger partial charge in [0, 0.05) is 19.9 Å². The van der Waals surface area contributed by atoms with Gasteiger partial charge in [-0.25, -0.2) is 0 Å². The average Bonchev–Trinajstić information content (AvgIpc) is 2.49. The molecule has 3 rings (SSSR count). The van der Waals surface area contributed by atoms with E-state index in [0.29, 0.717) is 5.39 Å². The zero-order chi connectivity index (χ0) is 14.7. The summed E-state index contributed by atoms with van der Waals surface area (Å²) in [6.07, 6.45) is 0. The first kappa shape index (κ1) is 15.0. The number of fused-ring (bicyclic) bond motifs is 2. The number of benzene rings is 2. The maximum atomic E-state index is 12.4. The van der Waals surface area contributed by atoms with E-state index < -0.39 is 0 Å². The maximum Gasteiger partial charge on any atom is 0.196 e. The quantitative estimate of drug-likeness (QED) is 0.563. The maximum absolute atomic E-state index is 12.4. The van der Waals surface area contributed by atoms with E-state index in [1.807, 2.05) is 50.2 Å². The van der Waals surface area contributed by atoms with E-state index in [9.17, 15) is 4.79 Å². The lowest BCUT2D eigenvalue weighted by atomic mass is 10.2. The van der Waals surface area contributed by atoms with E-state index in [0.717, 1.165) is 25.0 Å². The van der Waals surface area contributed by atoms with Gasteiger partial charge in [-0.1, -0.05) is 35.8 Å². The van der Waals surface area contributed by atoms with Crippen LogP contribution in [-0.2, 0) is 0 Å². The van der Waals surface area contributed by atoms with E-state index in [-0.39, 0.29) is 5.43 Å². The Morgan fingerprint density at radius 2 is 1.85 bits per heavy atom. The number of halogens is 1. The second-order valence-electron chi connectivity index (χ2n) is 3.91. The number of rotatable bonds is 1. The van der Waals surface area contributed by atoms with Gasteiger partial charge in [0.25, 0.3) is 0 Å². The molecule has 0 aliphatic rings. The molecule has 0 aliphatic carbocycles. The number of ether oxygens (including phenoxy) is 1. The Labute approximate surface area is 130 Å². The van der Waals surface area contributed by atoms with Crippen LogP contribution in [0.15, 0.2) is 45.7 Å². The van der Waals surface area contributed by atoms with Crippen LogP contribution in [-0.4, -0.2) is 7.11 Å². The topological polar surface area (TPSA) is 26.3 Å². The monoisotopic (exact) mass is 350 g/mol. The van der Waals surface area contributed by atoms with Crippen molar-refractivity contribution in [1.29, 1.82) is 0 Å². The fourth-order valence-electron chi connectivity index (χ4n) is 1.98. The van der Waals surface area contributed by atoms with E-state index in [2.05, 4.69) is 15.9 Å². The molecule has 0 radical (unpaired) electrons. The minimum atomic E-state index is 0.0603. The van der Waals surface area contributed by atoms with Crippen molar-refractivity contribution in [2.75, 3.05) is 7.11 Å². The summed E-state index contributed by atoms with van der Waals surface area (Å²) in [4.78, 5) is 12.4. The van der Waals surface area contributed by atoms with Gasteiger partial charge >= 0.3 is 0 Å². The molecule has 3 aromatic rings. The van der Waals surface area contributed by atoms with Crippen LogP contribution in [0.2, 0.25) is 0 Å². The smallest absolute Gasteiger partial charge is 0.196 e. The highest BCUT2D eigenvalue weighted by molar-refractivity contribution is 9.10. The van der Waals surface area contributed by atoms with Crippen molar-refractivity contribution in [2.45, 2.75) is 13.8 Å². The molecule has 2 nitrogen and oxygen atoms in total. The number of hydrogen-bond acceptors (Lipinski definition) is 3. The molecular formula is C16H15BrO2S. The van der Waals surface area contributed by atoms with Gasteiger partial charge in [0.05, 0.1) is 11.8 Å². The third-order valence-electron chi connectivity index (χ3n) is 2.84. The minimum absolute atomic E-state index is 0.0603. The third kappa shape index (κ3) is 2.58. The van der Waals surface area contributed by atoms with Gasteiger partial charge in [0.15, 0.2) is 5.43 Å². The molecule has 0 N–H and O–H groups in total. The van der Waals surface area contributed by atoms with Crippen molar-refractivity contribution >= 4 is 47.4 Å². The van der Waals surface area contributed by atoms with Gasteiger partial charge in [-0.15, -0.1) is 11.3 Å². The van der Waals surface area contributed by atoms with E-state index in [1.165, 1.54) is 0 Å². The second-order valence-corrected chi connectivity index (χ2v) is 5.88. The van der Waals surface area contributed by atoms with Crippen LogP contribution in [0.1, 0.15) is 13.8 Å². The summed E-state index contributed by atoms with van der Waals surface area (Å²) >= 11 is 5.01. The molecule has 0 fully saturated rings. The average molecular weight is 351 g/mol. The summed E-state index contributed by atoms with van der Waals surface area (Å²) in [7, 11) is 1.62. The Balaban J connectivity index is 0.000000704. The Kier molecular flexibility index (Phi) is 4.78. The molecule has 0 atom stereocenters. The van der Waals surface area contributed by atoms with Crippen molar-refractivity contribution in [3.8, 4) is 5.75 Å². The predicted molar refractivity (Wildman–Crippen MR) is 91.2 cm³/mol. The first-order chi connectivity index (χ1) is 9.70. The molecule has 1 aromatic heterocycles. The van der Waals surface area contributed by atoms with Crippen molar-refractivity contribution in [1.82, 2.24) is 0 Å². The first-order valence-electron chi connectivity index (χ1n) is 6.40. The molecule has 0 spiro atoms. The van der Waals surface area contributed by atoms with Crippen molar-refractivity contribution < 1.29 is 4.74 Å². The van der Waals surface area contributed by atoms with Crippen LogP contribution in [0, 0.1) is 0 Å². The van der Waals surface area contributed by atoms with Crippen LogP contribution < -0.4 is 10.2 Å². The highest BCUT2D eigenvalue weighted by Gasteiger charge is 2.09. The van der Waals surface area contributed by atoms with Crippen LogP contribution >= 0.6 is 27.3 Å². The number of methoxy groups -OCH3 is 1. The van der Waals surface area contributed by atoms with Gasteiger partial charge in [0.2, 0.25) is 0 Å². The van der Waals surface area contributed by atoms with E-state index in [4.69, 9.17) is 4.74 Å². The Morgan fingerprint density at radius 3 is 2.55 bits per heavy atom. The fourth-order valence-corrected chi connectivity index (χ4v) is 3.70. The summed E-state index contributed by atoms with van der Waals surface area (Å²) in [5, 5.41) is 1.47. The highest BCUT2D eigenvalue weighted by Crippen LogP contribution is 2.32. The summed E-state index contributed by atoms with van der Waals surface area (Å²) in [6.45, 7) is 4.00. The zero-order valence-electron chi connectivity index (χ0n) is 11.6. The largest absolute Gasteiger partial charge is 0.495 e.